The molecule has 4 fully saturated rings. The lowest BCUT2D eigenvalue weighted by Gasteiger charge is -2.44. The molecule has 1 heterocycles. The first-order valence-corrected chi connectivity index (χ1v) is 12.5. The molecular weight excluding hydrogens is 400 g/mol. The molecule has 0 radical (unpaired) electrons. The third-order valence-corrected chi connectivity index (χ3v) is 9.20. The molecule has 4 nitrogen and oxygen atoms in total. The zero-order valence-corrected chi connectivity index (χ0v) is 20.0. The van der Waals surface area contributed by atoms with Gasteiger partial charge in [0.15, 0.2) is 0 Å². The highest BCUT2D eigenvalue weighted by atomic mass is 16.5. The highest BCUT2D eigenvalue weighted by molar-refractivity contribution is 5.89. The lowest BCUT2D eigenvalue weighted by Crippen LogP contribution is -2.37. The lowest BCUT2D eigenvalue weighted by molar-refractivity contribution is -0.139. The second-order valence-corrected chi connectivity index (χ2v) is 11.2. The highest BCUT2D eigenvalue weighted by Gasteiger charge is 2.51. The van der Waals surface area contributed by atoms with E-state index in [0.29, 0.717) is 36.2 Å². The number of ether oxygens (including phenoxy) is 1. The maximum Gasteiger partial charge on any atom is 0.333 e. The maximum atomic E-state index is 11.7. The van der Waals surface area contributed by atoms with Crippen LogP contribution >= 0.6 is 0 Å². The third kappa shape index (κ3) is 4.17. The Morgan fingerprint density at radius 1 is 1.22 bits per heavy atom. The predicted octanol–water partition coefficient (Wildman–Crippen LogP) is 5.27. The molecule has 3 saturated carbocycles. The van der Waals surface area contributed by atoms with E-state index < -0.39 is 12.2 Å². The summed E-state index contributed by atoms with van der Waals surface area (Å²) in [5.41, 5.74) is 4.14. The van der Waals surface area contributed by atoms with Crippen molar-refractivity contribution in [1.29, 1.82) is 0 Å². The summed E-state index contributed by atoms with van der Waals surface area (Å²) in [7, 11) is 0. The first-order valence-electron chi connectivity index (χ1n) is 12.5. The van der Waals surface area contributed by atoms with Crippen molar-refractivity contribution in [2.75, 3.05) is 0 Å². The fraction of sp³-hybridized carbons (Fsp3) is 0.679. The van der Waals surface area contributed by atoms with Crippen LogP contribution in [0, 0.1) is 29.1 Å². The minimum Gasteiger partial charge on any atom is -0.459 e. The number of cyclic esters (lactones) is 1. The largest absolute Gasteiger partial charge is 0.459 e. The van der Waals surface area contributed by atoms with E-state index in [9.17, 15) is 15.0 Å². The minimum atomic E-state index is -0.669. The monoisotopic (exact) mass is 440 g/mol. The van der Waals surface area contributed by atoms with Crippen LogP contribution in [-0.2, 0) is 9.53 Å². The SMILES string of the molecule is C=C1C[C@@H](C[C@@H](C)[C@H]2CC[C@H]3/C(=C/C=C4/C[C@H](O)[C@H](C)[C@H](O)C4=C)CCC[C@]23C)OC1=O. The number of aliphatic hydroxyl groups is 2. The number of carbonyl (C=O) groups excluding carboxylic acids is 1. The van der Waals surface area contributed by atoms with E-state index in [4.69, 9.17) is 4.74 Å². The van der Waals surface area contributed by atoms with Crippen LogP contribution in [0.4, 0.5) is 0 Å². The molecule has 32 heavy (non-hydrogen) atoms. The van der Waals surface area contributed by atoms with Crippen molar-refractivity contribution in [2.24, 2.45) is 29.1 Å². The van der Waals surface area contributed by atoms with Gasteiger partial charge in [-0.25, -0.2) is 4.79 Å². The maximum absolute atomic E-state index is 11.7. The van der Waals surface area contributed by atoms with Crippen LogP contribution in [0.1, 0.15) is 72.1 Å². The van der Waals surface area contributed by atoms with Crippen molar-refractivity contribution in [3.05, 3.63) is 47.6 Å². The van der Waals surface area contributed by atoms with Crippen molar-refractivity contribution < 1.29 is 19.7 Å². The summed E-state index contributed by atoms with van der Waals surface area (Å²) in [6.07, 6.45) is 11.4. The molecule has 0 bridgehead atoms. The summed E-state index contributed by atoms with van der Waals surface area (Å²) < 4.78 is 5.53. The number of aliphatic hydroxyl groups excluding tert-OH is 2. The molecule has 4 rings (SSSR count). The Kier molecular flexibility index (Phi) is 6.57. The standard InChI is InChI=1S/C28H40O4/c1-16(13-22-14-17(2)27(31)32-22)23-10-11-24-20(7-6-12-28(23,24)5)8-9-21-15-25(29)19(4)26(30)18(21)3/h8-9,16,19,22-26,29-30H,2-3,6-7,10-15H2,1,4-5H3/b20-8+,21-9-/t16-,19+,22-,23-,24+,25+,26-,28-/m1/s1. The average Bonchev–Trinajstić information content (AvgIpc) is 3.26. The molecule has 4 heteroatoms. The molecule has 2 N–H and O–H groups in total. The van der Waals surface area contributed by atoms with E-state index in [1.54, 1.807) is 0 Å². The molecule has 1 saturated heterocycles. The van der Waals surface area contributed by atoms with Gasteiger partial charge < -0.3 is 14.9 Å². The molecule has 3 aliphatic carbocycles. The second-order valence-electron chi connectivity index (χ2n) is 11.2. The Morgan fingerprint density at radius 3 is 2.66 bits per heavy atom. The number of hydrogen-bond donors (Lipinski definition) is 2. The number of esters is 1. The summed E-state index contributed by atoms with van der Waals surface area (Å²) in [5, 5.41) is 20.7. The smallest absolute Gasteiger partial charge is 0.333 e. The van der Waals surface area contributed by atoms with Gasteiger partial charge in [0, 0.05) is 17.9 Å². The molecule has 176 valence electrons. The normalized spacial score (nSPS) is 43.6. The first-order chi connectivity index (χ1) is 15.1. The van der Waals surface area contributed by atoms with Crippen LogP contribution in [0.25, 0.3) is 0 Å². The molecule has 1 aliphatic heterocycles. The van der Waals surface area contributed by atoms with Gasteiger partial charge in [0.25, 0.3) is 0 Å². The van der Waals surface area contributed by atoms with E-state index in [0.717, 1.165) is 24.0 Å². The van der Waals surface area contributed by atoms with E-state index in [-0.39, 0.29) is 23.4 Å². The Balaban J connectivity index is 1.48. The van der Waals surface area contributed by atoms with Gasteiger partial charge in [0.05, 0.1) is 12.2 Å². The minimum absolute atomic E-state index is 0.00598. The summed E-state index contributed by atoms with van der Waals surface area (Å²) in [5.74, 6) is 1.33. The summed E-state index contributed by atoms with van der Waals surface area (Å²) in [6, 6.07) is 0. The topological polar surface area (TPSA) is 66.8 Å². The lowest BCUT2D eigenvalue weighted by atomic mass is 9.60. The van der Waals surface area contributed by atoms with E-state index >= 15 is 0 Å². The molecular formula is C28H40O4. The van der Waals surface area contributed by atoms with Crippen molar-refractivity contribution >= 4 is 5.97 Å². The number of fused-ring (bicyclic) bond motifs is 1. The summed E-state index contributed by atoms with van der Waals surface area (Å²) >= 11 is 0. The van der Waals surface area contributed by atoms with Crippen molar-refractivity contribution in [2.45, 2.75) is 90.4 Å². The van der Waals surface area contributed by atoms with Crippen LogP contribution in [0.15, 0.2) is 47.6 Å². The molecule has 4 aliphatic rings. The first kappa shape index (κ1) is 23.5. The molecule has 0 aromatic carbocycles. The van der Waals surface area contributed by atoms with Crippen molar-refractivity contribution in [3.8, 4) is 0 Å². The molecule has 0 aromatic rings. The summed E-state index contributed by atoms with van der Waals surface area (Å²) in [4.78, 5) is 11.7. The van der Waals surface area contributed by atoms with E-state index in [1.165, 1.54) is 31.3 Å². The van der Waals surface area contributed by atoms with Crippen LogP contribution in [0.3, 0.4) is 0 Å². The average molecular weight is 441 g/mol. The molecule has 0 aromatic heterocycles. The number of rotatable bonds is 4. The predicted molar refractivity (Wildman–Crippen MR) is 127 cm³/mol. The number of carbonyl (C=O) groups is 1. The van der Waals surface area contributed by atoms with Crippen LogP contribution in [0.2, 0.25) is 0 Å². The van der Waals surface area contributed by atoms with Crippen LogP contribution in [-0.4, -0.2) is 34.5 Å². The van der Waals surface area contributed by atoms with Gasteiger partial charge in [0.2, 0.25) is 0 Å². The van der Waals surface area contributed by atoms with E-state index in [1.807, 2.05) is 6.92 Å². The zero-order chi connectivity index (χ0) is 23.2. The zero-order valence-electron chi connectivity index (χ0n) is 20.0. The number of allylic oxidation sites excluding steroid dienone is 3. The van der Waals surface area contributed by atoms with E-state index in [2.05, 4.69) is 39.2 Å². The van der Waals surface area contributed by atoms with Gasteiger partial charge in [-0.05, 0) is 79.3 Å². The fourth-order valence-electron chi connectivity index (χ4n) is 7.20. The molecule has 0 spiro atoms. The Bertz CT molecular complexity index is 835. The van der Waals surface area contributed by atoms with Gasteiger partial charge in [0.1, 0.15) is 6.10 Å². The van der Waals surface area contributed by atoms with Gasteiger partial charge >= 0.3 is 5.97 Å². The van der Waals surface area contributed by atoms with Gasteiger partial charge in [-0.1, -0.05) is 51.7 Å². The Morgan fingerprint density at radius 2 is 1.97 bits per heavy atom. The van der Waals surface area contributed by atoms with Crippen LogP contribution < -0.4 is 0 Å². The third-order valence-electron chi connectivity index (χ3n) is 9.20. The van der Waals surface area contributed by atoms with Crippen molar-refractivity contribution in [1.82, 2.24) is 0 Å². The van der Waals surface area contributed by atoms with Gasteiger partial charge in [-0.3, -0.25) is 0 Å². The molecule has 8 atom stereocenters. The Labute approximate surface area is 193 Å². The van der Waals surface area contributed by atoms with Crippen molar-refractivity contribution in [3.63, 3.8) is 0 Å². The number of hydrogen-bond acceptors (Lipinski definition) is 4. The highest BCUT2D eigenvalue weighted by Crippen LogP contribution is 2.60. The quantitative estimate of drug-likeness (QED) is 0.462. The van der Waals surface area contributed by atoms with Crippen LogP contribution in [0.5, 0.6) is 0 Å². The fourth-order valence-corrected chi connectivity index (χ4v) is 7.20. The van der Waals surface area contributed by atoms with Gasteiger partial charge in [-0.15, -0.1) is 0 Å². The molecule has 0 unspecified atom stereocenters. The molecule has 0 amide bonds. The summed E-state index contributed by atoms with van der Waals surface area (Å²) in [6.45, 7) is 14.6. The Hall–Kier alpha value is -1.65. The second kappa shape index (κ2) is 8.95. The van der Waals surface area contributed by atoms with Gasteiger partial charge in [-0.2, -0.15) is 0 Å².